The maximum absolute atomic E-state index is 2.70. The average molecular weight is 274 g/mol. The summed E-state index contributed by atoms with van der Waals surface area (Å²) >= 11 is 0. The molecule has 4 rings (SSSR count). The molecule has 0 heteroatoms. The molecule has 4 fully saturated rings. The fourth-order valence-electron chi connectivity index (χ4n) is 7.56. The van der Waals surface area contributed by atoms with Crippen molar-refractivity contribution >= 4 is 0 Å². The second-order valence-corrected chi connectivity index (χ2v) is 9.43. The minimum absolute atomic E-state index is 0.707. The molecule has 0 nitrogen and oxygen atoms in total. The predicted octanol–water partition coefficient (Wildman–Crippen LogP) is 6.06. The number of rotatable bonds is 0. The van der Waals surface area contributed by atoms with Crippen molar-refractivity contribution in [3.05, 3.63) is 0 Å². The summed E-state index contributed by atoms with van der Waals surface area (Å²) < 4.78 is 0. The predicted molar refractivity (Wildman–Crippen MR) is 85.5 cm³/mol. The maximum atomic E-state index is 2.70. The van der Waals surface area contributed by atoms with Crippen molar-refractivity contribution in [1.82, 2.24) is 0 Å². The summed E-state index contributed by atoms with van der Waals surface area (Å²) in [6, 6.07) is 0. The Morgan fingerprint density at radius 3 is 2.35 bits per heavy atom. The topological polar surface area (TPSA) is 0 Å². The minimum atomic E-state index is 0.707. The Morgan fingerprint density at radius 1 is 0.700 bits per heavy atom. The molecule has 0 N–H and O–H groups in total. The zero-order valence-electron chi connectivity index (χ0n) is 14.0. The van der Waals surface area contributed by atoms with Crippen LogP contribution in [0, 0.1) is 40.4 Å². The van der Waals surface area contributed by atoms with Crippen LogP contribution in [0.3, 0.4) is 0 Å². The number of fused-ring (bicyclic) bond motifs is 5. The lowest BCUT2D eigenvalue weighted by Gasteiger charge is -2.60. The normalized spacial score (nSPS) is 58.6. The highest BCUT2D eigenvalue weighted by Gasteiger charge is 2.58. The Morgan fingerprint density at radius 2 is 1.50 bits per heavy atom. The van der Waals surface area contributed by atoms with E-state index in [0.29, 0.717) is 5.41 Å². The largest absolute Gasteiger partial charge is 0.0620 e. The van der Waals surface area contributed by atoms with E-state index in [1.807, 2.05) is 0 Å². The molecule has 4 aliphatic carbocycles. The Bertz CT molecular complexity index is 385. The van der Waals surface area contributed by atoms with E-state index in [1.54, 1.807) is 44.9 Å². The quantitative estimate of drug-likeness (QED) is 0.504. The monoisotopic (exact) mass is 274 g/mol. The molecular formula is C20H34. The molecule has 20 heavy (non-hydrogen) atoms. The van der Waals surface area contributed by atoms with E-state index in [0.717, 1.165) is 35.0 Å². The highest BCUT2D eigenvalue weighted by molar-refractivity contribution is 5.07. The van der Waals surface area contributed by atoms with Gasteiger partial charge in [0.2, 0.25) is 0 Å². The first-order valence-corrected chi connectivity index (χ1v) is 9.56. The smallest absolute Gasteiger partial charge is 0.0266 e. The second kappa shape index (κ2) is 4.50. The van der Waals surface area contributed by atoms with E-state index < -0.39 is 0 Å². The maximum Gasteiger partial charge on any atom is -0.0266 e. The van der Waals surface area contributed by atoms with Crippen LogP contribution in [0.4, 0.5) is 0 Å². The summed E-state index contributed by atoms with van der Waals surface area (Å²) in [5, 5.41) is 0. The van der Waals surface area contributed by atoms with E-state index in [2.05, 4.69) is 20.8 Å². The zero-order chi connectivity index (χ0) is 14.0. The van der Waals surface area contributed by atoms with Crippen molar-refractivity contribution < 1.29 is 0 Å². The van der Waals surface area contributed by atoms with Crippen LogP contribution >= 0.6 is 0 Å². The summed E-state index contributed by atoms with van der Waals surface area (Å²) in [5.41, 5.74) is 1.44. The summed E-state index contributed by atoms with van der Waals surface area (Å²) in [7, 11) is 0. The molecule has 0 spiro atoms. The van der Waals surface area contributed by atoms with Gasteiger partial charge in [0.15, 0.2) is 0 Å². The molecule has 0 amide bonds. The zero-order valence-corrected chi connectivity index (χ0v) is 14.0. The second-order valence-electron chi connectivity index (χ2n) is 9.43. The highest BCUT2D eigenvalue weighted by atomic mass is 14.6. The lowest BCUT2D eigenvalue weighted by Crippen LogP contribution is -2.52. The molecule has 0 heterocycles. The molecule has 0 radical (unpaired) electrons. The van der Waals surface area contributed by atoms with Crippen molar-refractivity contribution in [2.75, 3.05) is 0 Å². The third-order valence-electron chi connectivity index (χ3n) is 9.06. The fourth-order valence-corrected chi connectivity index (χ4v) is 7.56. The SMILES string of the molecule is CC1CC[C@H]2[C@@H]3CCC4CCCC[C@]4(C)[C@@H]3CC[C@]12C. The van der Waals surface area contributed by atoms with E-state index in [1.165, 1.54) is 19.3 Å². The summed E-state index contributed by atoms with van der Waals surface area (Å²) in [6.45, 7) is 7.91. The molecule has 0 saturated heterocycles. The first kappa shape index (κ1) is 13.6. The molecule has 0 aliphatic heterocycles. The molecule has 2 unspecified atom stereocenters. The van der Waals surface area contributed by atoms with E-state index in [9.17, 15) is 0 Å². The van der Waals surface area contributed by atoms with Crippen molar-refractivity contribution in [3.63, 3.8) is 0 Å². The van der Waals surface area contributed by atoms with Crippen LogP contribution in [-0.4, -0.2) is 0 Å². The third kappa shape index (κ3) is 1.66. The van der Waals surface area contributed by atoms with E-state index in [-0.39, 0.29) is 0 Å². The molecular weight excluding hydrogens is 240 g/mol. The first-order chi connectivity index (χ1) is 9.56. The van der Waals surface area contributed by atoms with Gasteiger partial charge in [-0.25, -0.2) is 0 Å². The van der Waals surface area contributed by atoms with Crippen molar-refractivity contribution in [1.29, 1.82) is 0 Å². The van der Waals surface area contributed by atoms with E-state index in [4.69, 9.17) is 0 Å². The van der Waals surface area contributed by atoms with Gasteiger partial charge in [-0.15, -0.1) is 0 Å². The van der Waals surface area contributed by atoms with Crippen LogP contribution in [-0.2, 0) is 0 Å². The lowest BCUT2D eigenvalue weighted by atomic mass is 9.45. The van der Waals surface area contributed by atoms with Gasteiger partial charge in [-0.1, -0.05) is 33.6 Å². The molecule has 7 atom stereocenters. The third-order valence-corrected chi connectivity index (χ3v) is 9.06. The summed E-state index contributed by atoms with van der Waals surface area (Å²) in [5.74, 6) is 5.34. The van der Waals surface area contributed by atoms with Gasteiger partial charge in [0.25, 0.3) is 0 Å². The number of hydrogen-bond acceptors (Lipinski definition) is 0. The van der Waals surface area contributed by atoms with Crippen LogP contribution in [0.25, 0.3) is 0 Å². The highest BCUT2D eigenvalue weighted by Crippen LogP contribution is 2.67. The number of hydrogen-bond donors (Lipinski definition) is 0. The fraction of sp³-hybridized carbons (Fsp3) is 1.00. The van der Waals surface area contributed by atoms with Gasteiger partial charge in [0.1, 0.15) is 0 Å². The van der Waals surface area contributed by atoms with Gasteiger partial charge in [0, 0.05) is 0 Å². The molecule has 0 aromatic carbocycles. The van der Waals surface area contributed by atoms with Crippen molar-refractivity contribution in [3.8, 4) is 0 Å². The van der Waals surface area contributed by atoms with Crippen molar-refractivity contribution in [2.45, 2.75) is 85.0 Å². The average Bonchev–Trinajstić information content (AvgIpc) is 2.74. The Kier molecular flexibility index (Phi) is 3.07. The Balaban J connectivity index is 1.64. The van der Waals surface area contributed by atoms with E-state index >= 15 is 0 Å². The van der Waals surface area contributed by atoms with Gasteiger partial charge >= 0.3 is 0 Å². The van der Waals surface area contributed by atoms with Gasteiger partial charge in [-0.05, 0) is 91.8 Å². The van der Waals surface area contributed by atoms with Crippen LogP contribution in [0.5, 0.6) is 0 Å². The molecule has 4 aliphatic rings. The van der Waals surface area contributed by atoms with Crippen molar-refractivity contribution in [2.24, 2.45) is 40.4 Å². The Hall–Kier alpha value is 0. The van der Waals surface area contributed by atoms with Gasteiger partial charge in [-0.3, -0.25) is 0 Å². The van der Waals surface area contributed by atoms with Gasteiger partial charge in [-0.2, -0.15) is 0 Å². The molecule has 114 valence electrons. The van der Waals surface area contributed by atoms with Crippen LogP contribution in [0.15, 0.2) is 0 Å². The summed E-state index contributed by atoms with van der Waals surface area (Å²) in [6.07, 6.45) is 15.5. The molecule has 0 bridgehead atoms. The Labute approximate surface area is 126 Å². The lowest BCUT2D eigenvalue weighted by molar-refractivity contribution is -0.109. The molecule has 0 aromatic rings. The van der Waals surface area contributed by atoms with Crippen LogP contribution in [0.2, 0.25) is 0 Å². The van der Waals surface area contributed by atoms with Gasteiger partial charge < -0.3 is 0 Å². The standard InChI is InChI=1S/C20H34/c1-14-7-10-17-16-9-8-15-6-4-5-12-20(15,3)18(16)11-13-19(14,17)2/h14-18H,4-13H2,1-3H3/t14?,15?,16-,17-,18+,19+,20-/m0/s1. The molecule has 4 saturated carbocycles. The van der Waals surface area contributed by atoms with Crippen LogP contribution < -0.4 is 0 Å². The van der Waals surface area contributed by atoms with Crippen LogP contribution in [0.1, 0.15) is 85.0 Å². The first-order valence-electron chi connectivity index (χ1n) is 9.56. The summed E-state index contributed by atoms with van der Waals surface area (Å²) in [4.78, 5) is 0. The minimum Gasteiger partial charge on any atom is -0.0620 e. The van der Waals surface area contributed by atoms with Gasteiger partial charge in [0.05, 0.1) is 0 Å². The molecule has 0 aromatic heterocycles.